The second-order valence-electron chi connectivity index (χ2n) is 4.02. The highest BCUT2D eigenvalue weighted by atomic mass is 16.5. The van der Waals surface area contributed by atoms with Gasteiger partial charge in [0.05, 0.1) is 12.3 Å². The molecule has 0 aliphatic carbocycles. The van der Waals surface area contributed by atoms with E-state index in [9.17, 15) is 9.59 Å². The maximum atomic E-state index is 11.7. The van der Waals surface area contributed by atoms with Gasteiger partial charge in [-0.15, -0.1) is 0 Å². The first-order valence-corrected chi connectivity index (χ1v) is 5.84. The number of hydrogen-bond donors (Lipinski definition) is 3. The van der Waals surface area contributed by atoms with Crippen LogP contribution >= 0.6 is 0 Å². The molecule has 0 radical (unpaired) electrons. The van der Waals surface area contributed by atoms with E-state index in [1.165, 1.54) is 0 Å². The molecule has 1 heterocycles. The highest BCUT2D eigenvalue weighted by Crippen LogP contribution is 2.19. The maximum Gasteiger partial charge on any atom is 0.355 e. The number of amides is 2. The number of nitrogens with one attached hydrogen (secondary N) is 2. The zero-order valence-electron chi connectivity index (χ0n) is 11.5. The summed E-state index contributed by atoms with van der Waals surface area (Å²) in [6, 6.07) is -0.740. The van der Waals surface area contributed by atoms with Crippen molar-refractivity contribution in [3.8, 4) is 0 Å². The third kappa shape index (κ3) is 3.34. The molecule has 1 aromatic rings. The van der Waals surface area contributed by atoms with Gasteiger partial charge in [0.1, 0.15) is 5.69 Å². The van der Waals surface area contributed by atoms with E-state index < -0.39 is 12.0 Å². The summed E-state index contributed by atoms with van der Waals surface area (Å²) in [5.74, 6) is -0.412. The van der Waals surface area contributed by atoms with E-state index in [2.05, 4.69) is 15.5 Å². The van der Waals surface area contributed by atoms with Crippen LogP contribution in [0.15, 0.2) is 5.10 Å². The van der Waals surface area contributed by atoms with Crippen LogP contribution in [-0.4, -0.2) is 29.3 Å². The van der Waals surface area contributed by atoms with E-state index in [1.807, 2.05) is 6.92 Å². The number of aromatic amines is 1. The average molecular weight is 266 g/mol. The lowest BCUT2D eigenvalue weighted by atomic mass is 10.1. The first-order chi connectivity index (χ1) is 8.88. The summed E-state index contributed by atoms with van der Waals surface area (Å²) in [5, 5.41) is 3.85. The van der Waals surface area contributed by atoms with Crippen molar-refractivity contribution in [2.45, 2.75) is 27.7 Å². The molecule has 7 nitrogen and oxygen atoms in total. The summed E-state index contributed by atoms with van der Waals surface area (Å²) >= 11 is 0. The second-order valence-corrected chi connectivity index (χ2v) is 4.02. The smallest absolute Gasteiger partial charge is 0.355 e. The van der Waals surface area contributed by atoms with Crippen molar-refractivity contribution in [3.63, 3.8) is 0 Å². The zero-order chi connectivity index (χ0) is 14.6. The Balaban J connectivity index is 3.13. The van der Waals surface area contributed by atoms with Crippen molar-refractivity contribution in [3.05, 3.63) is 22.5 Å². The van der Waals surface area contributed by atoms with Crippen LogP contribution < -0.4 is 11.2 Å². The predicted octanol–water partition coefficient (Wildman–Crippen LogP) is 1.20. The van der Waals surface area contributed by atoms with Gasteiger partial charge in [-0.1, -0.05) is 0 Å². The molecule has 0 spiro atoms. The Labute approximate surface area is 111 Å². The molecule has 4 N–H and O–H groups in total. The van der Waals surface area contributed by atoms with Crippen molar-refractivity contribution in [2.75, 3.05) is 6.61 Å². The minimum absolute atomic E-state index is 0.308. The lowest BCUT2D eigenvalue weighted by Crippen LogP contribution is -2.25. The number of aromatic nitrogens is 1. The van der Waals surface area contributed by atoms with Gasteiger partial charge in [-0.25, -0.2) is 15.0 Å². The Morgan fingerprint density at radius 3 is 2.58 bits per heavy atom. The fourth-order valence-electron chi connectivity index (χ4n) is 1.89. The number of primary amides is 1. The third-order valence-electron chi connectivity index (χ3n) is 2.61. The highest BCUT2D eigenvalue weighted by molar-refractivity contribution is 6.04. The first kappa shape index (κ1) is 14.7. The lowest BCUT2D eigenvalue weighted by molar-refractivity contribution is 0.0519. The number of hydrogen-bond acceptors (Lipinski definition) is 4. The lowest BCUT2D eigenvalue weighted by Gasteiger charge is -2.03. The molecule has 1 aromatic heterocycles. The number of H-pyrrole nitrogens is 1. The topological polar surface area (TPSA) is 110 Å². The number of hydrazone groups is 1. The standard InChI is InChI=1S/C12H18N4O3/c1-5-19-11(17)10-6(2)9(7(3)14-10)8(4)15-16-12(13)18/h14H,5H2,1-4H3,(H3,13,16,18)/b15-8-. The second kappa shape index (κ2) is 6.03. The molecule has 104 valence electrons. The van der Waals surface area contributed by atoms with Crippen LogP contribution in [0.3, 0.4) is 0 Å². The number of carbonyl (C=O) groups excluding carboxylic acids is 2. The summed E-state index contributed by atoms with van der Waals surface area (Å²) in [6.45, 7) is 7.37. The quantitative estimate of drug-likeness (QED) is 0.432. The highest BCUT2D eigenvalue weighted by Gasteiger charge is 2.19. The molecule has 0 atom stereocenters. The van der Waals surface area contributed by atoms with Gasteiger partial charge in [-0.05, 0) is 33.3 Å². The Kier molecular flexibility index (Phi) is 4.68. The van der Waals surface area contributed by atoms with Crippen LogP contribution in [0, 0.1) is 13.8 Å². The molecule has 0 fully saturated rings. The first-order valence-electron chi connectivity index (χ1n) is 5.84. The molecule has 0 unspecified atom stereocenters. The monoisotopic (exact) mass is 266 g/mol. The number of urea groups is 1. The fourth-order valence-corrected chi connectivity index (χ4v) is 1.89. The summed E-state index contributed by atoms with van der Waals surface area (Å²) in [7, 11) is 0. The molecule has 0 aliphatic rings. The maximum absolute atomic E-state index is 11.7. The van der Waals surface area contributed by atoms with Gasteiger partial charge in [-0.2, -0.15) is 5.10 Å². The summed E-state index contributed by atoms with van der Waals surface area (Å²) in [6.07, 6.45) is 0. The number of nitrogens with two attached hydrogens (primary N) is 1. The van der Waals surface area contributed by atoms with E-state index in [0.29, 0.717) is 18.0 Å². The zero-order valence-corrected chi connectivity index (χ0v) is 11.5. The number of carbonyl (C=O) groups is 2. The van der Waals surface area contributed by atoms with Crippen molar-refractivity contribution >= 4 is 17.7 Å². The number of nitrogens with zero attached hydrogens (tertiary/aromatic N) is 1. The Morgan fingerprint density at radius 1 is 1.42 bits per heavy atom. The molecule has 7 heteroatoms. The van der Waals surface area contributed by atoms with Gasteiger partial charge >= 0.3 is 12.0 Å². The number of ether oxygens (including phenoxy) is 1. The molecule has 2 amide bonds. The van der Waals surface area contributed by atoms with Crippen LogP contribution in [0.2, 0.25) is 0 Å². The van der Waals surface area contributed by atoms with Crippen molar-refractivity contribution < 1.29 is 14.3 Å². The largest absolute Gasteiger partial charge is 0.461 e. The molecule has 0 aliphatic heterocycles. The number of aryl methyl sites for hydroxylation is 1. The van der Waals surface area contributed by atoms with E-state index >= 15 is 0 Å². The van der Waals surface area contributed by atoms with Crippen LogP contribution in [0.5, 0.6) is 0 Å². The molecule has 1 rings (SSSR count). The molecule has 0 saturated carbocycles. The third-order valence-corrected chi connectivity index (χ3v) is 2.61. The van der Waals surface area contributed by atoms with Gasteiger partial charge in [0.15, 0.2) is 0 Å². The number of esters is 1. The van der Waals surface area contributed by atoms with Crippen molar-refractivity contribution in [1.29, 1.82) is 0 Å². The molecule has 0 bridgehead atoms. The molecule has 19 heavy (non-hydrogen) atoms. The van der Waals surface area contributed by atoms with Gasteiger partial charge in [0, 0.05) is 11.3 Å². The minimum Gasteiger partial charge on any atom is -0.461 e. The SMILES string of the molecule is CCOC(=O)c1[nH]c(C)c(/C(C)=N\NC(N)=O)c1C. The molecule has 0 saturated heterocycles. The Hall–Kier alpha value is -2.31. The Bertz CT molecular complexity index is 531. The molecular formula is C12H18N4O3. The molecular weight excluding hydrogens is 248 g/mol. The van der Waals surface area contributed by atoms with Crippen LogP contribution in [0.4, 0.5) is 4.79 Å². The van der Waals surface area contributed by atoms with Gasteiger partial charge < -0.3 is 15.5 Å². The average Bonchev–Trinajstić information content (AvgIpc) is 2.62. The van der Waals surface area contributed by atoms with Crippen molar-refractivity contribution in [1.82, 2.24) is 10.4 Å². The summed E-state index contributed by atoms with van der Waals surface area (Å²) in [4.78, 5) is 25.3. The van der Waals surface area contributed by atoms with Gasteiger partial charge in [-0.3, -0.25) is 0 Å². The van der Waals surface area contributed by atoms with E-state index in [1.54, 1.807) is 20.8 Å². The van der Waals surface area contributed by atoms with Crippen LogP contribution in [0.25, 0.3) is 0 Å². The summed E-state index contributed by atoms with van der Waals surface area (Å²) in [5.41, 5.74) is 10.3. The summed E-state index contributed by atoms with van der Waals surface area (Å²) < 4.78 is 4.96. The van der Waals surface area contributed by atoms with E-state index in [0.717, 1.165) is 16.8 Å². The number of rotatable bonds is 4. The molecule has 0 aromatic carbocycles. The fraction of sp³-hybridized carbons (Fsp3) is 0.417. The van der Waals surface area contributed by atoms with E-state index in [4.69, 9.17) is 10.5 Å². The van der Waals surface area contributed by atoms with Crippen LogP contribution in [0.1, 0.15) is 41.2 Å². The van der Waals surface area contributed by atoms with Crippen LogP contribution in [-0.2, 0) is 4.74 Å². The van der Waals surface area contributed by atoms with Crippen molar-refractivity contribution in [2.24, 2.45) is 10.8 Å². The Morgan fingerprint density at radius 2 is 2.05 bits per heavy atom. The minimum atomic E-state index is -0.740. The van der Waals surface area contributed by atoms with Gasteiger partial charge in [0.2, 0.25) is 0 Å². The normalized spacial score (nSPS) is 11.3. The predicted molar refractivity (Wildman–Crippen MR) is 71.2 cm³/mol. The van der Waals surface area contributed by atoms with E-state index in [-0.39, 0.29) is 0 Å². The van der Waals surface area contributed by atoms with Gasteiger partial charge in [0.25, 0.3) is 0 Å².